The summed E-state index contributed by atoms with van der Waals surface area (Å²) in [6.07, 6.45) is -19.3. The van der Waals surface area contributed by atoms with Crippen molar-refractivity contribution in [3.63, 3.8) is 0 Å². The van der Waals surface area contributed by atoms with Crippen molar-refractivity contribution in [3.05, 3.63) is 5.92 Å². The van der Waals surface area contributed by atoms with Crippen molar-refractivity contribution in [2.24, 2.45) is 0 Å². The molecule has 0 aromatic carbocycles. The molecule has 0 atom stereocenters. The first kappa shape index (κ1) is 24.8. The molecule has 0 aromatic rings. The van der Waals surface area contributed by atoms with E-state index in [4.69, 9.17) is 0 Å². The van der Waals surface area contributed by atoms with Gasteiger partial charge in [-0.05, 0) is 5.92 Å². The fraction of sp³-hybridized carbons (Fsp3) is 0.900. The predicted octanol–water partition coefficient (Wildman–Crippen LogP) is 3.28. The van der Waals surface area contributed by atoms with Crippen LogP contribution < -0.4 is 0 Å². The van der Waals surface area contributed by atoms with E-state index in [2.05, 4.69) is 55.2 Å². The van der Waals surface area contributed by atoms with Gasteiger partial charge in [-0.15, -0.1) is 0 Å². The van der Waals surface area contributed by atoms with Gasteiger partial charge in [0.2, 0.25) is 0 Å². The fourth-order valence-electron chi connectivity index (χ4n) is 1.46. The van der Waals surface area contributed by atoms with Gasteiger partial charge in [-0.1, -0.05) is 12.9 Å². The predicted molar refractivity (Wildman–Crippen MR) is 69.8 cm³/mol. The Morgan fingerprint density at radius 2 is 0.696 bits per heavy atom. The van der Waals surface area contributed by atoms with Crippen LogP contribution in [0.15, 0.2) is 0 Å². The lowest BCUT2D eigenvalue weighted by atomic mass is 10.1. The number of hydrogen-bond acceptors (Lipinski definition) is 3. The molecule has 0 N–H and O–H groups in total. The van der Waals surface area contributed by atoms with Crippen LogP contribution >= 0.6 is 0 Å². The Morgan fingerprint density at radius 1 is 0.522 bits per heavy atom. The minimum Gasteiger partial charge on any atom is -0.206 e. The Bertz CT molecular complexity index is 284. The molecule has 0 heterocycles. The van der Waals surface area contributed by atoms with Gasteiger partial charge in [0, 0.05) is 42.3 Å². The van der Waals surface area contributed by atoms with Gasteiger partial charge < -0.3 is 0 Å². The summed E-state index contributed by atoms with van der Waals surface area (Å²) in [4.78, 5) is 0. The first-order valence-electron chi connectivity index (χ1n) is 5.68. The zero-order valence-corrected chi connectivity index (χ0v) is 14.0. The average Bonchev–Trinajstić information content (AvgIpc) is 2.05. The molecule has 13 heteroatoms. The molecule has 0 saturated heterocycles. The largest absolute Gasteiger partial charge is 0.288 e. The summed E-state index contributed by atoms with van der Waals surface area (Å²) in [7, 11) is 12.5. The van der Waals surface area contributed by atoms with Gasteiger partial charge in [0.25, 0.3) is 30.0 Å². The lowest BCUT2D eigenvalue weighted by Crippen LogP contribution is -2.44. The number of rotatable bonds is 3. The first-order valence-corrected chi connectivity index (χ1v) is 6.78. The summed E-state index contributed by atoms with van der Waals surface area (Å²) in [5, 5.41) is 0. The lowest BCUT2D eigenvalue weighted by molar-refractivity contribution is -0.277. The molecule has 0 spiro atoms. The Morgan fingerprint density at radius 3 is 0.696 bits per heavy atom. The molecule has 0 aliphatic carbocycles. The van der Waals surface area contributed by atoms with Gasteiger partial charge in [-0.2, -0.15) is 0 Å². The van der Waals surface area contributed by atoms with Gasteiger partial charge in [0.15, 0.2) is 0 Å². The molecule has 0 unspecified atom stereocenters. The monoisotopic (exact) mass is 383 g/mol. The Hall–Kier alpha value is -0.400. The summed E-state index contributed by atoms with van der Waals surface area (Å²) >= 11 is 0.120. The van der Waals surface area contributed by atoms with E-state index in [9.17, 15) is 39.5 Å². The standard InChI is InChI=1S/C6H18N3S.C4F9/c1-7(2)10(8(3)4)9(5)6;5-2(6,7)1(3(8,9)10)4(11,12)13/h1-6H3;/q+1;-1. The van der Waals surface area contributed by atoms with Crippen molar-refractivity contribution in [1.29, 1.82) is 0 Å². The second-order valence-corrected chi connectivity index (χ2v) is 7.23. The maximum Gasteiger partial charge on any atom is 0.288 e. The van der Waals surface area contributed by atoms with Gasteiger partial charge in [0.05, 0.1) is 0 Å². The Balaban J connectivity index is 0. The summed E-state index contributed by atoms with van der Waals surface area (Å²) in [5.74, 6) is -4.35. The number of nitrogens with zero attached hydrogens (tertiary/aromatic N) is 3. The van der Waals surface area contributed by atoms with Crippen molar-refractivity contribution < 1.29 is 39.5 Å². The molecule has 0 fully saturated rings. The molecular formula is C10H18F9N3S. The van der Waals surface area contributed by atoms with Crippen LogP contribution in [0.4, 0.5) is 39.5 Å². The molecule has 0 rings (SSSR count). The molecule has 0 aliphatic rings. The van der Waals surface area contributed by atoms with Gasteiger partial charge in [-0.3, -0.25) is 0 Å². The molecule has 0 radical (unpaired) electrons. The highest BCUT2D eigenvalue weighted by Crippen LogP contribution is 2.50. The number of halogens is 9. The third-order valence-electron chi connectivity index (χ3n) is 1.83. The molecule has 0 aliphatic heterocycles. The minimum absolute atomic E-state index is 0.120. The Kier molecular flexibility index (Phi) is 9.32. The molecule has 0 saturated carbocycles. The first-order chi connectivity index (χ1) is 9.83. The highest BCUT2D eigenvalue weighted by atomic mass is 32.2. The maximum absolute atomic E-state index is 11.2. The second-order valence-electron chi connectivity index (χ2n) is 4.55. The summed E-state index contributed by atoms with van der Waals surface area (Å²) in [6.45, 7) is 0. The zero-order valence-electron chi connectivity index (χ0n) is 13.2. The number of hydrogen-bond donors (Lipinski definition) is 0. The topological polar surface area (TPSA) is 9.72 Å². The van der Waals surface area contributed by atoms with E-state index in [1.165, 1.54) is 0 Å². The smallest absolute Gasteiger partial charge is 0.206 e. The van der Waals surface area contributed by atoms with Crippen LogP contribution in [0.2, 0.25) is 0 Å². The van der Waals surface area contributed by atoms with Crippen LogP contribution in [-0.4, -0.2) is 73.7 Å². The van der Waals surface area contributed by atoms with Crippen LogP contribution in [0.25, 0.3) is 0 Å². The Labute approximate surface area is 131 Å². The summed E-state index contributed by atoms with van der Waals surface area (Å²) in [6, 6.07) is 0. The van der Waals surface area contributed by atoms with E-state index in [0.29, 0.717) is 0 Å². The van der Waals surface area contributed by atoms with Crippen molar-refractivity contribution in [1.82, 2.24) is 12.9 Å². The van der Waals surface area contributed by atoms with E-state index in [-0.39, 0.29) is 11.5 Å². The van der Waals surface area contributed by atoms with Gasteiger partial charge in [-0.25, -0.2) is 39.5 Å². The van der Waals surface area contributed by atoms with E-state index in [1.807, 2.05) is 0 Å². The van der Waals surface area contributed by atoms with Gasteiger partial charge in [0.1, 0.15) is 0 Å². The molecule has 0 amide bonds. The highest BCUT2D eigenvalue weighted by molar-refractivity contribution is 7.90. The zero-order chi connectivity index (χ0) is 19.4. The van der Waals surface area contributed by atoms with Crippen LogP contribution in [0.5, 0.6) is 0 Å². The fourth-order valence-corrected chi connectivity index (χ4v) is 3.42. The molecule has 142 valence electrons. The molecule has 0 aromatic heterocycles. The van der Waals surface area contributed by atoms with Crippen molar-refractivity contribution in [2.45, 2.75) is 18.5 Å². The number of alkyl halides is 9. The highest BCUT2D eigenvalue weighted by Gasteiger charge is 2.56. The summed E-state index contributed by atoms with van der Waals surface area (Å²) < 4.78 is 108. The normalized spacial score (nSPS) is 14.1. The van der Waals surface area contributed by atoms with Crippen molar-refractivity contribution in [3.8, 4) is 0 Å². The van der Waals surface area contributed by atoms with Crippen LogP contribution in [0.3, 0.4) is 0 Å². The van der Waals surface area contributed by atoms with E-state index >= 15 is 0 Å². The van der Waals surface area contributed by atoms with Crippen molar-refractivity contribution in [2.75, 3.05) is 42.3 Å². The lowest BCUT2D eigenvalue weighted by Gasteiger charge is -2.37. The van der Waals surface area contributed by atoms with Crippen LogP contribution in [-0.2, 0) is 11.5 Å². The van der Waals surface area contributed by atoms with E-state index in [1.54, 1.807) is 0 Å². The average molecular weight is 383 g/mol. The third-order valence-corrected chi connectivity index (χ3v) is 3.79. The van der Waals surface area contributed by atoms with Crippen LogP contribution in [0.1, 0.15) is 0 Å². The SMILES string of the molecule is CN(C)[S+](N(C)C)N(C)C.FC(F)(F)[C-](C(F)(F)F)C(F)(F)F. The molecule has 23 heavy (non-hydrogen) atoms. The van der Waals surface area contributed by atoms with E-state index < -0.39 is 24.4 Å². The second kappa shape index (κ2) is 8.62. The van der Waals surface area contributed by atoms with Crippen LogP contribution in [0, 0.1) is 5.92 Å². The molecular weight excluding hydrogens is 365 g/mol. The third kappa shape index (κ3) is 9.47. The van der Waals surface area contributed by atoms with Crippen molar-refractivity contribution >= 4 is 11.5 Å². The van der Waals surface area contributed by atoms with Gasteiger partial charge >= 0.3 is 0 Å². The van der Waals surface area contributed by atoms with E-state index in [0.717, 1.165) is 0 Å². The quantitative estimate of drug-likeness (QED) is 0.421. The maximum atomic E-state index is 11.2. The molecule has 3 nitrogen and oxygen atoms in total. The summed E-state index contributed by atoms with van der Waals surface area (Å²) in [5.41, 5.74) is 0. The minimum atomic E-state index is -6.45. The molecule has 0 bridgehead atoms.